The molecule has 0 aromatic heterocycles. The van der Waals surface area contributed by atoms with Gasteiger partial charge in [0.15, 0.2) is 0 Å². The molecule has 0 bridgehead atoms. The third-order valence-electron chi connectivity index (χ3n) is 1.89. The summed E-state index contributed by atoms with van der Waals surface area (Å²) in [7, 11) is 0. The van der Waals surface area contributed by atoms with E-state index < -0.39 is 12.1 Å². The van der Waals surface area contributed by atoms with Gasteiger partial charge in [-0.25, -0.2) is 0 Å². The number of aliphatic hydroxyl groups excluding tert-OH is 1. The lowest BCUT2D eigenvalue weighted by Gasteiger charge is -2.16. The van der Waals surface area contributed by atoms with Crippen molar-refractivity contribution in [2.45, 2.75) is 19.1 Å². The van der Waals surface area contributed by atoms with E-state index >= 15 is 0 Å². The molecular weight excluding hydrogens is 170 g/mol. The Kier molecular flexibility index (Phi) is 2.75. The van der Waals surface area contributed by atoms with Gasteiger partial charge in [-0.15, -0.1) is 0 Å². The summed E-state index contributed by atoms with van der Waals surface area (Å²) >= 11 is 0. The molecule has 72 valence electrons. The van der Waals surface area contributed by atoms with Gasteiger partial charge in [-0.2, -0.15) is 0 Å². The number of hydrogen-bond donors (Lipinski definition) is 4. The van der Waals surface area contributed by atoms with Gasteiger partial charge in [0.2, 0.25) is 0 Å². The second-order valence-corrected chi connectivity index (χ2v) is 3.01. The number of aromatic hydroxyl groups is 2. The van der Waals surface area contributed by atoms with Crippen molar-refractivity contribution in [3.8, 4) is 11.5 Å². The van der Waals surface area contributed by atoms with Crippen LogP contribution in [0.2, 0.25) is 0 Å². The largest absolute Gasteiger partial charge is 0.508 e. The first-order valence-electron chi connectivity index (χ1n) is 3.98. The lowest BCUT2D eigenvalue weighted by atomic mass is 10.0. The maximum absolute atomic E-state index is 9.35. The Bertz CT molecular complexity index is 299. The van der Waals surface area contributed by atoms with E-state index in [-0.39, 0.29) is 11.5 Å². The molecule has 0 unspecified atom stereocenters. The highest BCUT2D eigenvalue weighted by atomic mass is 16.3. The van der Waals surface area contributed by atoms with E-state index in [1.807, 2.05) is 0 Å². The van der Waals surface area contributed by atoms with Gasteiger partial charge >= 0.3 is 0 Å². The van der Waals surface area contributed by atoms with E-state index in [2.05, 4.69) is 0 Å². The van der Waals surface area contributed by atoms with Crippen molar-refractivity contribution in [3.05, 3.63) is 23.8 Å². The topological polar surface area (TPSA) is 86.7 Å². The Labute approximate surface area is 76.2 Å². The SMILES string of the molecule is C[C@H](O)[C@H](N)c1cc(O)ccc1O. The Balaban J connectivity index is 3.05. The van der Waals surface area contributed by atoms with Crippen molar-refractivity contribution in [1.29, 1.82) is 0 Å². The van der Waals surface area contributed by atoms with Crippen molar-refractivity contribution in [2.75, 3.05) is 0 Å². The Morgan fingerprint density at radius 1 is 1.31 bits per heavy atom. The molecule has 0 aliphatic carbocycles. The highest BCUT2D eigenvalue weighted by molar-refractivity contribution is 5.40. The number of nitrogens with two attached hydrogens (primary N) is 1. The van der Waals surface area contributed by atoms with Gasteiger partial charge in [-0.05, 0) is 25.1 Å². The average Bonchev–Trinajstić information content (AvgIpc) is 2.08. The lowest BCUT2D eigenvalue weighted by molar-refractivity contribution is 0.162. The fourth-order valence-electron chi connectivity index (χ4n) is 1.07. The molecule has 0 aliphatic rings. The van der Waals surface area contributed by atoms with E-state index in [4.69, 9.17) is 10.8 Å². The molecule has 0 fully saturated rings. The summed E-state index contributed by atoms with van der Waals surface area (Å²) in [5, 5.41) is 27.6. The minimum absolute atomic E-state index is 0.0175. The second-order valence-electron chi connectivity index (χ2n) is 3.01. The van der Waals surface area contributed by atoms with Crippen molar-refractivity contribution in [2.24, 2.45) is 5.73 Å². The van der Waals surface area contributed by atoms with Gasteiger partial charge in [0.1, 0.15) is 11.5 Å². The normalized spacial score (nSPS) is 15.3. The lowest BCUT2D eigenvalue weighted by Crippen LogP contribution is -2.23. The summed E-state index contributed by atoms with van der Waals surface area (Å²) in [6.45, 7) is 1.52. The molecule has 0 amide bonds. The standard InChI is InChI=1S/C9H13NO3/c1-5(11)9(10)7-4-6(12)2-3-8(7)13/h2-5,9,11-13H,10H2,1H3/t5-,9-/m0/s1. The minimum atomic E-state index is -0.771. The molecule has 0 radical (unpaired) electrons. The Morgan fingerprint density at radius 3 is 2.46 bits per heavy atom. The fourth-order valence-corrected chi connectivity index (χ4v) is 1.07. The van der Waals surface area contributed by atoms with Gasteiger partial charge in [-0.1, -0.05) is 0 Å². The van der Waals surface area contributed by atoms with Crippen molar-refractivity contribution in [1.82, 2.24) is 0 Å². The number of aliphatic hydroxyl groups is 1. The zero-order valence-electron chi connectivity index (χ0n) is 7.31. The van der Waals surface area contributed by atoms with Crippen LogP contribution in [0.5, 0.6) is 11.5 Å². The van der Waals surface area contributed by atoms with Gasteiger partial charge in [0, 0.05) is 5.56 Å². The van der Waals surface area contributed by atoms with Crippen molar-refractivity contribution < 1.29 is 15.3 Å². The third kappa shape index (κ3) is 2.11. The molecule has 0 saturated carbocycles. The van der Waals surface area contributed by atoms with Crippen LogP contribution in [0, 0.1) is 0 Å². The van der Waals surface area contributed by atoms with Crippen LogP contribution in [-0.2, 0) is 0 Å². The maximum atomic E-state index is 9.35. The van der Waals surface area contributed by atoms with Crippen LogP contribution < -0.4 is 5.73 Å². The van der Waals surface area contributed by atoms with Crippen LogP contribution >= 0.6 is 0 Å². The molecule has 4 heteroatoms. The highest BCUT2D eigenvalue weighted by Crippen LogP contribution is 2.28. The average molecular weight is 183 g/mol. The zero-order chi connectivity index (χ0) is 10.0. The molecule has 1 aromatic rings. The molecule has 5 N–H and O–H groups in total. The Hall–Kier alpha value is -1.26. The molecular formula is C9H13NO3. The summed E-state index contributed by atoms with van der Waals surface area (Å²) in [4.78, 5) is 0. The van der Waals surface area contributed by atoms with E-state index in [0.29, 0.717) is 5.56 Å². The number of phenols is 2. The number of phenolic OH excluding ortho intramolecular Hbond substituents is 2. The number of hydrogen-bond acceptors (Lipinski definition) is 4. The van der Waals surface area contributed by atoms with Crippen LogP contribution in [0.3, 0.4) is 0 Å². The van der Waals surface area contributed by atoms with Gasteiger partial charge < -0.3 is 21.1 Å². The first-order valence-corrected chi connectivity index (χ1v) is 3.98. The molecule has 0 heterocycles. The highest BCUT2D eigenvalue weighted by Gasteiger charge is 2.16. The zero-order valence-corrected chi connectivity index (χ0v) is 7.31. The summed E-state index contributed by atoms with van der Waals surface area (Å²) in [6, 6.07) is 3.35. The van der Waals surface area contributed by atoms with Crippen LogP contribution in [0.4, 0.5) is 0 Å². The van der Waals surface area contributed by atoms with E-state index in [1.54, 1.807) is 0 Å². The molecule has 1 aromatic carbocycles. The maximum Gasteiger partial charge on any atom is 0.120 e. The number of rotatable bonds is 2. The van der Waals surface area contributed by atoms with Crippen LogP contribution in [0.1, 0.15) is 18.5 Å². The van der Waals surface area contributed by atoms with Gasteiger partial charge in [0.05, 0.1) is 12.1 Å². The quantitative estimate of drug-likeness (QED) is 0.502. The van der Waals surface area contributed by atoms with Crippen LogP contribution in [0.25, 0.3) is 0 Å². The molecule has 1 rings (SSSR count). The second kappa shape index (κ2) is 3.64. The summed E-state index contributed by atoms with van der Waals surface area (Å²) in [5.74, 6) is -0.00454. The predicted octanol–water partition coefficient (Wildman–Crippen LogP) is 0.478. The summed E-state index contributed by atoms with van der Waals surface area (Å²) in [6.07, 6.45) is -0.771. The van der Waals surface area contributed by atoms with E-state index in [9.17, 15) is 10.2 Å². The predicted molar refractivity (Wildman–Crippen MR) is 48.4 cm³/mol. The number of benzene rings is 1. The first kappa shape index (κ1) is 9.83. The van der Waals surface area contributed by atoms with Crippen LogP contribution in [0.15, 0.2) is 18.2 Å². The fraction of sp³-hybridized carbons (Fsp3) is 0.333. The van der Waals surface area contributed by atoms with Gasteiger partial charge in [0.25, 0.3) is 0 Å². The summed E-state index contributed by atoms with van der Waals surface area (Å²) < 4.78 is 0. The minimum Gasteiger partial charge on any atom is -0.508 e. The Morgan fingerprint density at radius 2 is 1.92 bits per heavy atom. The first-order chi connectivity index (χ1) is 6.02. The molecule has 0 spiro atoms. The van der Waals surface area contributed by atoms with E-state index in [1.165, 1.54) is 25.1 Å². The summed E-state index contributed by atoms with van der Waals surface area (Å²) in [5.41, 5.74) is 5.93. The molecule has 13 heavy (non-hydrogen) atoms. The molecule has 0 aliphatic heterocycles. The van der Waals surface area contributed by atoms with Crippen LogP contribution in [-0.4, -0.2) is 21.4 Å². The van der Waals surface area contributed by atoms with Crippen molar-refractivity contribution in [3.63, 3.8) is 0 Å². The monoisotopic (exact) mass is 183 g/mol. The van der Waals surface area contributed by atoms with Crippen molar-refractivity contribution >= 4 is 0 Å². The molecule has 2 atom stereocenters. The third-order valence-corrected chi connectivity index (χ3v) is 1.89. The molecule has 0 saturated heterocycles. The van der Waals surface area contributed by atoms with Gasteiger partial charge in [-0.3, -0.25) is 0 Å². The molecule has 4 nitrogen and oxygen atoms in total. The smallest absolute Gasteiger partial charge is 0.120 e. The van der Waals surface area contributed by atoms with E-state index in [0.717, 1.165) is 0 Å².